The number of carbonyl (C=O) groups is 1. The second kappa shape index (κ2) is 5.25. The Morgan fingerprint density at radius 1 is 1.35 bits per heavy atom. The average molecular weight is 330 g/mol. The highest BCUT2D eigenvalue weighted by molar-refractivity contribution is 7.16. The molecule has 2 aliphatic heterocycles. The van der Waals surface area contributed by atoms with Gasteiger partial charge in [-0.25, -0.2) is 0 Å². The number of hydrogen-bond acceptors (Lipinski definition) is 4. The van der Waals surface area contributed by atoms with Crippen LogP contribution in [0.4, 0.5) is 5.00 Å². The molecule has 3 heterocycles. The van der Waals surface area contributed by atoms with E-state index >= 15 is 0 Å². The Hall–Kier alpha value is -2.05. The van der Waals surface area contributed by atoms with Crippen LogP contribution in [0.1, 0.15) is 38.1 Å². The first-order chi connectivity index (χ1) is 11.0. The molecule has 0 saturated heterocycles. The van der Waals surface area contributed by atoms with E-state index in [1.165, 1.54) is 15.3 Å². The number of anilines is 1. The molecule has 4 N–H and O–H groups in total. The largest absolute Gasteiger partial charge is 0.508 e. The molecule has 2 aliphatic rings. The Balaban J connectivity index is 1.73. The fourth-order valence-corrected chi connectivity index (χ4v) is 4.78. The maximum absolute atomic E-state index is 12.6. The van der Waals surface area contributed by atoms with Crippen molar-refractivity contribution in [3.63, 3.8) is 0 Å². The van der Waals surface area contributed by atoms with Crippen molar-refractivity contribution >= 4 is 22.2 Å². The fraction of sp³-hybridized carbons (Fsp3) is 0.353. The molecule has 1 unspecified atom stereocenters. The van der Waals surface area contributed by atoms with Gasteiger partial charge < -0.3 is 20.6 Å². The minimum absolute atomic E-state index is 0.0401. The van der Waals surface area contributed by atoms with E-state index < -0.39 is 0 Å². The minimum atomic E-state index is -0.389. The predicted molar refractivity (Wildman–Crippen MR) is 90.2 cm³/mol. The zero-order valence-electron chi connectivity index (χ0n) is 13.2. The first-order valence-corrected chi connectivity index (χ1v) is 8.67. The molecule has 0 spiro atoms. The lowest BCUT2D eigenvalue weighted by Gasteiger charge is -2.27. The Morgan fingerprint density at radius 2 is 2.17 bits per heavy atom. The lowest BCUT2D eigenvalue weighted by atomic mass is 10.00. The van der Waals surface area contributed by atoms with Gasteiger partial charge in [0, 0.05) is 12.0 Å². The van der Waals surface area contributed by atoms with Crippen LogP contribution >= 0.6 is 11.3 Å². The van der Waals surface area contributed by atoms with E-state index in [4.69, 9.17) is 0 Å². The molecule has 2 aromatic rings. The summed E-state index contributed by atoms with van der Waals surface area (Å²) in [4.78, 5) is 15.4. The second-order valence-electron chi connectivity index (χ2n) is 6.45. The molecule has 1 aromatic heterocycles. The molecule has 0 saturated carbocycles. The molecule has 4 rings (SSSR count). The smallest absolute Gasteiger partial charge is 0.256 e. The van der Waals surface area contributed by atoms with Crippen LogP contribution < -0.4 is 15.5 Å². The van der Waals surface area contributed by atoms with Crippen molar-refractivity contribution in [2.45, 2.75) is 26.1 Å². The van der Waals surface area contributed by atoms with Crippen molar-refractivity contribution in [1.29, 1.82) is 0 Å². The van der Waals surface area contributed by atoms with Crippen LogP contribution in [0.5, 0.6) is 5.75 Å². The van der Waals surface area contributed by atoms with Gasteiger partial charge in [0.1, 0.15) is 23.5 Å². The van der Waals surface area contributed by atoms with Crippen LogP contribution in [-0.4, -0.2) is 24.6 Å². The van der Waals surface area contributed by atoms with Crippen molar-refractivity contribution in [3.05, 3.63) is 45.3 Å². The topological polar surface area (TPSA) is 65.8 Å². The molecule has 2 atom stereocenters. The minimum Gasteiger partial charge on any atom is -0.508 e. The molecule has 0 aliphatic carbocycles. The number of fused-ring (bicyclic) bond motifs is 3. The Labute approximate surface area is 138 Å². The van der Waals surface area contributed by atoms with E-state index in [2.05, 4.69) is 17.7 Å². The quantitative estimate of drug-likeness (QED) is 0.635. The number of nitrogens with one attached hydrogen (secondary N) is 3. The summed E-state index contributed by atoms with van der Waals surface area (Å²) in [6.45, 7) is 4.01. The molecule has 6 heteroatoms. The summed E-state index contributed by atoms with van der Waals surface area (Å²) < 4.78 is 0. The SMILES string of the molecule is Cc1ccc(O)c([C@H]2NC(=O)c3c(sc4c3CC[NH+](C)C4)N2)c1. The van der Waals surface area contributed by atoms with Gasteiger partial charge in [-0.05, 0) is 24.6 Å². The molecule has 0 fully saturated rings. The van der Waals surface area contributed by atoms with Gasteiger partial charge >= 0.3 is 0 Å². The van der Waals surface area contributed by atoms with Crippen LogP contribution in [0.15, 0.2) is 18.2 Å². The third-order valence-corrected chi connectivity index (χ3v) is 5.79. The number of benzene rings is 1. The van der Waals surface area contributed by atoms with Crippen molar-refractivity contribution in [2.24, 2.45) is 0 Å². The maximum atomic E-state index is 12.6. The second-order valence-corrected chi connectivity index (χ2v) is 7.56. The molecule has 23 heavy (non-hydrogen) atoms. The molecule has 5 nitrogen and oxygen atoms in total. The Bertz CT molecular complexity index is 799. The van der Waals surface area contributed by atoms with E-state index in [1.807, 2.05) is 19.1 Å². The summed E-state index contributed by atoms with van der Waals surface area (Å²) >= 11 is 1.68. The maximum Gasteiger partial charge on any atom is 0.256 e. The van der Waals surface area contributed by atoms with Gasteiger partial charge in [-0.15, -0.1) is 11.3 Å². The molecule has 1 amide bonds. The van der Waals surface area contributed by atoms with Crippen LogP contribution in [0.2, 0.25) is 0 Å². The van der Waals surface area contributed by atoms with E-state index in [-0.39, 0.29) is 17.8 Å². The fourth-order valence-electron chi connectivity index (χ4n) is 3.39. The zero-order valence-corrected chi connectivity index (χ0v) is 14.0. The summed E-state index contributed by atoms with van der Waals surface area (Å²) in [7, 11) is 2.18. The Kier molecular flexibility index (Phi) is 3.32. The molecule has 1 aromatic carbocycles. The van der Waals surface area contributed by atoms with E-state index in [1.54, 1.807) is 17.4 Å². The van der Waals surface area contributed by atoms with Gasteiger partial charge in [0.05, 0.1) is 24.0 Å². The standard InChI is InChI=1S/C17H19N3O2S/c1-9-3-4-12(21)11(7-9)15-18-16(22)14-10-5-6-20(2)8-13(10)23-17(14)19-15/h3-4,7,15,19,21H,5-6,8H2,1-2H3,(H,18,22)/p+1/t15-/m0/s1. The number of likely N-dealkylation sites (N-methyl/N-ethyl adjacent to an activating group) is 1. The van der Waals surface area contributed by atoms with Crippen LogP contribution in [-0.2, 0) is 13.0 Å². The summed E-state index contributed by atoms with van der Waals surface area (Å²) in [5.41, 5.74) is 3.77. The molecule has 120 valence electrons. The number of aromatic hydroxyl groups is 1. The lowest BCUT2D eigenvalue weighted by molar-refractivity contribution is -0.895. The predicted octanol–water partition coefficient (Wildman–Crippen LogP) is 1.19. The highest BCUT2D eigenvalue weighted by atomic mass is 32.1. The van der Waals surface area contributed by atoms with Gasteiger partial charge in [0.2, 0.25) is 0 Å². The van der Waals surface area contributed by atoms with E-state index in [0.29, 0.717) is 5.56 Å². The summed E-state index contributed by atoms with van der Waals surface area (Å²) in [6.07, 6.45) is 0.558. The first-order valence-electron chi connectivity index (χ1n) is 7.85. The highest BCUT2D eigenvalue weighted by Crippen LogP contribution is 2.40. The van der Waals surface area contributed by atoms with Gasteiger partial charge in [-0.3, -0.25) is 4.79 Å². The summed E-state index contributed by atoms with van der Waals surface area (Å²) in [6, 6.07) is 5.44. The van der Waals surface area contributed by atoms with E-state index in [0.717, 1.165) is 35.6 Å². The number of phenols is 1. The molecule has 0 bridgehead atoms. The van der Waals surface area contributed by atoms with Gasteiger partial charge in [-0.1, -0.05) is 11.6 Å². The zero-order chi connectivity index (χ0) is 16.1. The van der Waals surface area contributed by atoms with Gasteiger partial charge in [0.15, 0.2) is 0 Å². The highest BCUT2D eigenvalue weighted by Gasteiger charge is 2.34. The number of thiophene rings is 1. The molecule has 0 radical (unpaired) electrons. The van der Waals surface area contributed by atoms with Gasteiger partial charge in [-0.2, -0.15) is 0 Å². The van der Waals surface area contributed by atoms with Crippen molar-refractivity contribution in [1.82, 2.24) is 5.32 Å². The number of rotatable bonds is 1. The molecular formula is C17H20N3O2S+. The van der Waals surface area contributed by atoms with Crippen molar-refractivity contribution in [3.8, 4) is 5.75 Å². The third kappa shape index (κ3) is 2.38. The first kappa shape index (κ1) is 14.5. The van der Waals surface area contributed by atoms with E-state index in [9.17, 15) is 9.90 Å². The lowest BCUT2D eigenvalue weighted by Crippen LogP contribution is -3.08. The third-order valence-electron chi connectivity index (χ3n) is 4.63. The number of hydrogen-bond donors (Lipinski definition) is 4. The monoisotopic (exact) mass is 330 g/mol. The van der Waals surface area contributed by atoms with Crippen LogP contribution in [0, 0.1) is 6.92 Å². The average Bonchev–Trinajstić information content (AvgIpc) is 2.87. The van der Waals surface area contributed by atoms with Crippen molar-refractivity contribution in [2.75, 3.05) is 18.9 Å². The van der Waals surface area contributed by atoms with Crippen LogP contribution in [0.3, 0.4) is 0 Å². The molecular weight excluding hydrogens is 310 g/mol. The van der Waals surface area contributed by atoms with Gasteiger partial charge in [0.25, 0.3) is 5.91 Å². The number of phenolic OH excluding ortho intramolecular Hbond substituents is 1. The summed E-state index contributed by atoms with van der Waals surface area (Å²) in [5.74, 6) is 0.157. The normalized spacial score (nSPS) is 22.8. The number of amides is 1. The van der Waals surface area contributed by atoms with Crippen LogP contribution in [0.25, 0.3) is 0 Å². The number of carbonyl (C=O) groups excluding carboxylic acids is 1. The Morgan fingerprint density at radius 3 is 3.00 bits per heavy atom. The number of quaternary nitrogens is 1. The summed E-state index contributed by atoms with van der Waals surface area (Å²) in [5, 5.41) is 17.5. The van der Waals surface area contributed by atoms with Crippen molar-refractivity contribution < 1.29 is 14.8 Å². The number of aryl methyl sites for hydroxylation is 1.